The first-order valence-electron chi connectivity index (χ1n) is 13.9. The molecule has 1 N–H and O–H groups in total. The van der Waals surface area contributed by atoms with Crippen LogP contribution < -0.4 is 33.7 Å². The van der Waals surface area contributed by atoms with Gasteiger partial charge in [0.25, 0.3) is 5.91 Å². The lowest BCUT2D eigenvalue weighted by Crippen LogP contribution is -2.11. The Morgan fingerprint density at radius 3 is 2.13 bits per heavy atom. The van der Waals surface area contributed by atoms with Crippen molar-refractivity contribution in [3.05, 3.63) is 90.5 Å². The lowest BCUT2D eigenvalue weighted by molar-refractivity contribution is -0.132. The van der Waals surface area contributed by atoms with Crippen LogP contribution in [0.2, 0.25) is 0 Å². The number of benzene rings is 4. The van der Waals surface area contributed by atoms with Gasteiger partial charge in [0.15, 0.2) is 23.0 Å². The fraction of sp³-hybridized carbons (Fsp3) is 0.147. The summed E-state index contributed by atoms with van der Waals surface area (Å²) < 4.78 is 34.9. The molecule has 0 spiro atoms. The Kier molecular flexibility index (Phi) is 7.98. The van der Waals surface area contributed by atoms with Crippen molar-refractivity contribution in [3.8, 4) is 62.7 Å². The van der Waals surface area contributed by atoms with Gasteiger partial charge in [-0.2, -0.15) is 9.78 Å². The van der Waals surface area contributed by atoms with E-state index in [2.05, 4.69) is 5.32 Å². The van der Waals surface area contributed by atoms with Crippen molar-refractivity contribution in [1.82, 2.24) is 9.78 Å². The molecule has 5 aromatic rings. The van der Waals surface area contributed by atoms with Gasteiger partial charge < -0.3 is 33.7 Å². The summed E-state index contributed by atoms with van der Waals surface area (Å²) in [6, 6.07) is 25.1. The minimum atomic E-state index is -0.516. The van der Waals surface area contributed by atoms with E-state index in [1.165, 1.54) is 28.3 Å². The lowest BCUT2D eigenvalue weighted by Gasteiger charge is -2.14. The second-order valence-corrected chi connectivity index (χ2v) is 9.88. The van der Waals surface area contributed by atoms with Gasteiger partial charge in [0.05, 0.1) is 32.6 Å². The number of nitrogens with one attached hydrogen (secondary N) is 1. The summed E-state index contributed by atoms with van der Waals surface area (Å²) in [5.74, 6) is 1.80. The first-order valence-corrected chi connectivity index (χ1v) is 13.9. The van der Waals surface area contributed by atoms with Gasteiger partial charge in [-0.15, -0.1) is 0 Å². The van der Waals surface area contributed by atoms with E-state index in [4.69, 9.17) is 33.5 Å². The molecule has 1 aliphatic rings. The largest absolute Gasteiger partial charge is 0.493 e. The Labute approximate surface area is 258 Å². The molecule has 0 bridgehead atoms. The van der Waals surface area contributed by atoms with Crippen LogP contribution in [0.25, 0.3) is 28.1 Å². The minimum absolute atomic E-state index is 0.121. The van der Waals surface area contributed by atoms with E-state index >= 15 is 0 Å². The second kappa shape index (κ2) is 12.3. The van der Waals surface area contributed by atoms with Gasteiger partial charge in [0, 0.05) is 23.7 Å². The van der Waals surface area contributed by atoms with Gasteiger partial charge in [-0.1, -0.05) is 30.3 Å². The fourth-order valence-corrected chi connectivity index (χ4v) is 5.02. The molecular formula is C34H29N3O8. The maximum Gasteiger partial charge on any atom is 0.309 e. The zero-order chi connectivity index (χ0) is 31.5. The molecule has 0 atom stereocenters. The number of carbonyl (C=O) groups excluding carboxylic acids is 2. The van der Waals surface area contributed by atoms with Crippen LogP contribution in [0.3, 0.4) is 0 Å². The Morgan fingerprint density at radius 1 is 0.800 bits per heavy atom. The van der Waals surface area contributed by atoms with E-state index < -0.39 is 5.97 Å². The average Bonchev–Trinajstić information content (AvgIpc) is 3.69. The topological polar surface area (TPSA) is 119 Å². The highest BCUT2D eigenvalue weighted by atomic mass is 16.7. The van der Waals surface area contributed by atoms with Crippen LogP contribution in [0.1, 0.15) is 17.3 Å². The number of aromatic nitrogens is 2. The summed E-state index contributed by atoms with van der Waals surface area (Å²) in [6.45, 7) is 1.45. The molecule has 0 saturated carbocycles. The van der Waals surface area contributed by atoms with Gasteiger partial charge >= 0.3 is 5.97 Å². The zero-order valence-corrected chi connectivity index (χ0v) is 25.0. The van der Waals surface area contributed by atoms with Crippen LogP contribution >= 0.6 is 0 Å². The summed E-state index contributed by atoms with van der Waals surface area (Å²) in [7, 11) is 4.60. The number of anilines is 1. The number of carbonyl (C=O) groups is 2. The molecule has 4 aromatic carbocycles. The van der Waals surface area contributed by atoms with E-state index in [-0.39, 0.29) is 18.6 Å². The maximum absolute atomic E-state index is 13.0. The second-order valence-electron chi connectivity index (χ2n) is 9.88. The van der Waals surface area contributed by atoms with Gasteiger partial charge in [0.2, 0.25) is 18.4 Å². The van der Waals surface area contributed by atoms with Crippen molar-refractivity contribution in [2.45, 2.75) is 6.92 Å². The third-order valence-corrected chi connectivity index (χ3v) is 7.09. The standard InChI is InChI=1S/C34H29N3O8/c1-20(38)45-34-30(21-10-13-24(14-11-21)35-33(39)22-12-15-26-27(16-22)44-19-43-26)31(36-37(34)25-8-6-5-7-9-25)23-17-28(40-2)32(42-4)29(18-23)41-3/h5-18H,19H2,1-4H3,(H,35,39). The van der Waals surface area contributed by atoms with Gasteiger partial charge in [-0.25, -0.2) is 0 Å². The van der Waals surface area contributed by atoms with Gasteiger partial charge in [-0.3, -0.25) is 9.59 Å². The fourth-order valence-electron chi connectivity index (χ4n) is 5.02. The monoisotopic (exact) mass is 607 g/mol. The van der Waals surface area contributed by atoms with E-state index in [1.54, 1.807) is 47.1 Å². The van der Waals surface area contributed by atoms with Crippen molar-refractivity contribution in [1.29, 1.82) is 0 Å². The summed E-state index contributed by atoms with van der Waals surface area (Å²) in [4.78, 5) is 25.4. The summed E-state index contributed by atoms with van der Waals surface area (Å²) in [5, 5.41) is 7.83. The number of rotatable bonds is 9. The molecule has 11 nitrogen and oxygen atoms in total. The van der Waals surface area contributed by atoms with Crippen LogP contribution in [0, 0.1) is 0 Å². The van der Waals surface area contributed by atoms with Crippen molar-refractivity contribution >= 4 is 17.6 Å². The number of fused-ring (bicyclic) bond motifs is 1. The van der Waals surface area contributed by atoms with Gasteiger partial charge in [0.1, 0.15) is 5.69 Å². The Hall–Kier alpha value is -5.97. The zero-order valence-electron chi connectivity index (χ0n) is 25.0. The number of ether oxygens (including phenoxy) is 6. The molecule has 1 aliphatic heterocycles. The number of nitrogens with zero attached hydrogens (tertiary/aromatic N) is 2. The highest BCUT2D eigenvalue weighted by Gasteiger charge is 2.27. The third-order valence-electron chi connectivity index (χ3n) is 7.09. The first-order chi connectivity index (χ1) is 21.9. The van der Waals surface area contributed by atoms with Gasteiger partial charge in [-0.05, 0) is 60.2 Å². The molecule has 45 heavy (non-hydrogen) atoms. The highest BCUT2D eigenvalue weighted by molar-refractivity contribution is 6.05. The maximum atomic E-state index is 13.0. The number of para-hydroxylation sites is 1. The smallest absolute Gasteiger partial charge is 0.309 e. The molecule has 0 unspecified atom stereocenters. The molecule has 0 saturated heterocycles. The number of methoxy groups -OCH3 is 3. The number of hydrogen-bond donors (Lipinski definition) is 1. The highest BCUT2D eigenvalue weighted by Crippen LogP contribution is 2.46. The predicted molar refractivity (Wildman–Crippen MR) is 166 cm³/mol. The summed E-state index contributed by atoms with van der Waals surface area (Å²) >= 11 is 0. The van der Waals surface area contributed by atoms with E-state index in [1.807, 2.05) is 42.5 Å². The Balaban J connectivity index is 1.45. The van der Waals surface area contributed by atoms with Crippen molar-refractivity contribution in [2.75, 3.05) is 33.4 Å². The van der Waals surface area contributed by atoms with E-state index in [0.717, 1.165) is 0 Å². The molecule has 1 aromatic heterocycles. The van der Waals surface area contributed by atoms with Crippen molar-refractivity contribution < 1.29 is 38.0 Å². The molecule has 228 valence electrons. The van der Waals surface area contributed by atoms with Crippen LogP contribution in [0.15, 0.2) is 84.9 Å². The molecule has 0 radical (unpaired) electrons. The predicted octanol–water partition coefficient (Wildman–Crippen LogP) is 6.14. The van der Waals surface area contributed by atoms with Crippen LogP contribution in [0.4, 0.5) is 5.69 Å². The van der Waals surface area contributed by atoms with Crippen molar-refractivity contribution in [2.24, 2.45) is 0 Å². The van der Waals surface area contributed by atoms with E-state index in [0.29, 0.717) is 68.1 Å². The van der Waals surface area contributed by atoms with E-state index in [9.17, 15) is 9.59 Å². The Bertz CT molecular complexity index is 1860. The SMILES string of the molecule is COc1cc(-c2nn(-c3ccccc3)c(OC(C)=O)c2-c2ccc(NC(=O)c3ccc4c(c3)OCO4)cc2)cc(OC)c1OC. The number of amides is 1. The normalized spacial score (nSPS) is 11.6. The van der Waals surface area contributed by atoms with Crippen LogP contribution in [-0.2, 0) is 4.79 Å². The molecule has 11 heteroatoms. The molecule has 0 fully saturated rings. The minimum Gasteiger partial charge on any atom is -0.493 e. The number of hydrogen-bond acceptors (Lipinski definition) is 9. The molecule has 0 aliphatic carbocycles. The molecular weight excluding hydrogens is 578 g/mol. The molecule has 6 rings (SSSR count). The van der Waals surface area contributed by atoms with Crippen molar-refractivity contribution in [3.63, 3.8) is 0 Å². The third kappa shape index (κ3) is 5.70. The van der Waals surface area contributed by atoms with Crippen LogP contribution in [0.5, 0.6) is 34.6 Å². The van der Waals surface area contributed by atoms with Crippen LogP contribution in [-0.4, -0.2) is 49.8 Å². The number of esters is 1. The summed E-state index contributed by atoms with van der Waals surface area (Å²) in [5.41, 5.74) is 4.00. The molecule has 1 amide bonds. The first kappa shape index (κ1) is 29.1. The quantitative estimate of drug-likeness (QED) is 0.197. The average molecular weight is 608 g/mol. The Morgan fingerprint density at radius 2 is 1.49 bits per heavy atom. The summed E-state index contributed by atoms with van der Waals surface area (Å²) in [6.07, 6.45) is 0. The lowest BCUT2D eigenvalue weighted by atomic mass is 10.00. The molecule has 2 heterocycles.